The zero-order valence-corrected chi connectivity index (χ0v) is 13.7. The molecule has 0 aliphatic carbocycles. The SMILES string of the molecule is COc1ccc(S(=O)(=O)NCCOc2ccc(F)cc2)cc1C. The second-order valence-corrected chi connectivity index (χ2v) is 6.60. The lowest BCUT2D eigenvalue weighted by molar-refractivity contribution is 0.322. The highest BCUT2D eigenvalue weighted by Crippen LogP contribution is 2.21. The largest absolute Gasteiger partial charge is 0.496 e. The van der Waals surface area contributed by atoms with Gasteiger partial charge in [-0.1, -0.05) is 0 Å². The first kappa shape index (κ1) is 17.2. The third kappa shape index (κ3) is 4.67. The Morgan fingerprint density at radius 3 is 2.43 bits per heavy atom. The first-order chi connectivity index (χ1) is 10.9. The molecule has 0 saturated carbocycles. The monoisotopic (exact) mass is 339 g/mol. The van der Waals surface area contributed by atoms with Gasteiger partial charge in [0.1, 0.15) is 23.9 Å². The number of hydrogen-bond acceptors (Lipinski definition) is 4. The fourth-order valence-corrected chi connectivity index (χ4v) is 3.07. The van der Waals surface area contributed by atoms with Gasteiger partial charge in [0.05, 0.1) is 12.0 Å². The number of ether oxygens (including phenoxy) is 2. The molecule has 0 amide bonds. The molecule has 0 spiro atoms. The molecular formula is C16H18FNO4S. The number of benzene rings is 2. The summed E-state index contributed by atoms with van der Waals surface area (Å²) in [6, 6.07) is 10.2. The average molecular weight is 339 g/mol. The van der Waals surface area contributed by atoms with Crippen molar-refractivity contribution in [1.82, 2.24) is 4.72 Å². The molecule has 0 fully saturated rings. The molecule has 0 bridgehead atoms. The van der Waals surface area contributed by atoms with Crippen molar-refractivity contribution in [3.8, 4) is 11.5 Å². The van der Waals surface area contributed by atoms with Crippen LogP contribution < -0.4 is 14.2 Å². The summed E-state index contributed by atoms with van der Waals surface area (Å²) in [4.78, 5) is 0.164. The van der Waals surface area contributed by atoms with Crippen molar-refractivity contribution in [2.24, 2.45) is 0 Å². The lowest BCUT2D eigenvalue weighted by atomic mass is 10.2. The minimum atomic E-state index is -3.61. The zero-order valence-electron chi connectivity index (χ0n) is 12.9. The van der Waals surface area contributed by atoms with E-state index >= 15 is 0 Å². The maximum absolute atomic E-state index is 12.7. The Balaban J connectivity index is 1.91. The Bertz CT molecular complexity index is 760. The molecule has 0 atom stereocenters. The Kier molecular flexibility index (Phi) is 5.57. The molecular weight excluding hydrogens is 321 g/mol. The van der Waals surface area contributed by atoms with Crippen LogP contribution in [0.2, 0.25) is 0 Å². The third-order valence-corrected chi connectivity index (χ3v) is 4.61. The van der Waals surface area contributed by atoms with E-state index in [9.17, 15) is 12.8 Å². The van der Waals surface area contributed by atoms with Gasteiger partial charge in [-0.15, -0.1) is 0 Å². The molecule has 0 aromatic heterocycles. The fourth-order valence-electron chi connectivity index (χ4n) is 1.98. The summed E-state index contributed by atoms with van der Waals surface area (Å²) in [6.07, 6.45) is 0. The summed E-state index contributed by atoms with van der Waals surface area (Å²) in [7, 11) is -2.09. The lowest BCUT2D eigenvalue weighted by Crippen LogP contribution is -2.28. The highest BCUT2D eigenvalue weighted by atomic mass is 32.2. The molecule has 0 aliphatic rings. The first-order valence-electron chi connectivity index (χ1n) is 6.95. The minimum Gasteiger partial charge on any atom is -0.496 e. The van der Waals surface area contributed by atoms with Gasteiger partial charge in [0.2, 0.25) is 10.0 Å². The van der Waals surface area contributed by atoms with Gasteiger partial charge in [0, 0.05) is 6.54 Å². The van der Waals surface area contributed by atoms with E-state index in [2.05, 4.69) is 4.72 Å². The van der Waals surface area contributed by atoms with Crippen LogP contribution in [-0.4, -0.2) is 28.7 Å². The van der Waals surface area contributed by atoms with E-state index in [-0.39, 0.29) is 23.9 Å². The van der Waals surface area contributed by atoms with Crippen molar-refractivity contribution in [2.75, 3.05) is 20.3 Å². The summed E-state index contributed by atoms with van der Waals surface area (Å²) in [6.45, 7) is 2.01. The van der Waals surface area contributed by atoms with E-state index in [0.717, 1.165) is 5.56 Å². The van der Waals surface area contributed by atoms with Gasteiger partial charge in [0.15, 0.2) is 0 Å². The fraction of sp³-hybridized carbons (Fsp3) is 0.250. The minimum absolute atomic E-state index is 0.102. The zero-order chi connectivity index (χ0) is 16.9. The topological polar surface area (TPSA) is 64.6 Å². The van der Waals surface area contributed by atoms with E-state index in [4.69, 9.17) is 9.47 Å². The van der Waals surface area contributed by atoms with Gasteiger partial charge in [0.25, 0.3) is 0 Å². The number of methoxy groups -OCH3 is 1. The maximum Gasteiger partial charge on any atom is 0.240 e. The van der Waals surface area contributed by atoms with Crippen molar-refractivity contribution in [2.45, 2.75) is 11.8 Å². The van der Waals surface area contributed by atoms with E-state index in [1.54, 1.807) is 19.1 Å². The molecule has 2 rings (SSSR count). The van der Waals surface area contributed by atoms with Gasteiger partial charge >= 0.3 is 0 Å². The van der Waals surface area contributed by atoms with Gasteiger partial charge in [-0.2, -0.15) is 0 Å². The summed E-state index contributed by atoms with van der Waals surface area (Å²) in [5, 5.41) is 0. The standard InChI is InChI=1S/C16H18FNO4S/c1-12-11-15(7-8-16(12)21-2)23(19,20)18-9-10-22-14-5-3-13(17)4-6-14/h3-8,11,18H,9-10H2,1-2H3. The molecule has 0 saturated heterocycles. The highest BCUT2D eigenvalue weighted by molar-refractivity contribution is 7.89. The molecule has 23 heavy (non-hydrogen) atoms. The molecule has 124 valence electrons. The molecule has 2 aromatic carbocycles. The molecule has 2 aromatic rings. The molecule has 5 nitrogen and oxygen atoms in total. The van der Waals surface area contributed by atoms with Crippen LogP contribution in [-0.2, 0) is 10.0 Å². The summed E-state index contributed by atoms with van der Waals surface area (Å²) < 4.78 is 50.0. The van der Waals surface area contributed by atoms with Crippen LogP contribution in [0.1, 0.15) is 5.56 Å². The predicted octanol–water partition coefficient (Wildman–Crippen LogP) is 2.50. The summed E-state index contributed by atoms with van der Waals surface area (Å²) in [5.74, 6) is 0.752. The number of rotatable bonds is 7. The number of aryl methyl sites for hydroxylation is 1. The molecule has 0 unspecified atom stereocenters. The Labute approximate surface area is 135 Å². The van der Waals surface area contributed by atoms with E-state index in [0.29, 0.717) is 11.5 Å². The number of sulfonamides is 1. The Morgan fingerprint density at radius 2 is 1.83 bits per heavy atom. The first-order valence-corrected chi connectivity index (χ1v) is 8.43. The van der Waals surface area contributed by atoms with Crippen molar-refractivity contribution in [3.05, 3.63) is 53.8 Å². The van der Waals surface area contributed by atoms with Crippen LogP contribution in [0, 0.1) is 12.7 Å². The predicted molar refractivity (Wildman–Crippen MR) is 84.8 cm³/mol. The normalized spacial score (nSPS) is 11.3. The average Bonchev–Trinajstić information content (AvgIpc) is 2.53. The number of nitrogens with one attached hydrogen (secondary N) is 1. The Hall–Kier alpha value is -2.12. The third-order valence-electron chi connectivity index (χ3n) is 3.15. The van der Waals surface area contributed by atoms with Crippen molar-refractivity contribution in [1.29, 1.82) is 0 Å². The van der Waals surface area contributed by atoms with Crippen LogP contribution in [0.5, 0.6) is 11.5 Å². The van der Waals surface area contributed by atoms with Crippen molar-refractivity contribution >= 4 is 10.0 Å². The lowest BCUT2D eigenvalue weighted by Gasteiger charge is -2.10. The maximum atomic E-state index is 12.7. The van der Waals surface area contributed by atoms with E-state index < -0.39 is 10.0 Å². The number of halogens is 1. The molecule has 0 heterocycles. The van der Waals surface area contributed by atoms with Crippen molar-refractivity contribution < 1.29 is 22.3 Å². The van der Waals surface area contributed by atoms with Crippen LogP contribution in [0.3, 0.4) is 0 Å². The van der Waals surface area contributed by atoms with Crippen LogP contribution in [0.4, 0.5) is 4.39 Å². The van der Waals surface area contributed by atoms with E-state index in [1.807, 2.05) is 0 Å². The second kappa shape index (κ2) is 7.43. The smallest absolute Gasteiger partial charge is 0.240 e. The molecule has 0 radical (unpaired) electrons. The van der Waals surface area contributed by atoms with E-state index in [1.165, 1.54) is 37.4 Å². The molecule has 0 aliphatic heterocycles. The van der Waals surface area contributed by atoms with Crippen LogP contribution in [0.25, 0.3) is 0 Å². The number of hydrogen-bond donors (Lipinski definition) is 1. The Morgan fingerprint density at radius 1 is 1.13 bits per heavy atom. The second-order valence-electron chi connectivity index (χ2n) is 4.83. The van der Waals surface area contributed by atoms with Crippen LogP contribution >= 0.6 is 0 Å². The highest BCUT2D eigenvalue weighted by Gasteiger charge is 2.14. The summed E-state index contributed by atoms with van der Waals surface area (Å²) in [5.41, 5.74) is 0.734. The van der Waals surface area contributed by atoms with Crippen molar-refractivity contribution in [3.63, 3.8) is 0 Å². The quantitative estimate of drug-likeness (QED) is 0.787. The van der Waals surface area contributed by atoms with Gasteiger partial charge in [-0.3, -0.25) is 0 Å². The molecule has 7 heteroatoms. The van der Waals surface area contributed by atoms with Gasteiger partial charge < -0.3 is 9.47 Å². The summed E-state index contributed by atoms with van der Waals surface area (Å²) >= 11 is 0. The van der Waals surface area contributed by atoms with Gasteiger partial charge in [-0.25, -0.2) is 17.5 Å². The molecule has 1 N–H and O–H groups in total. The van der Waals surface area contributed by atoms with Crippen LogP contribution in [0.15, 0.2) is 47.4 Å². The van der Waals surface area contributed by atoms with Gasteiger partial charge in [-0.05, 0) is 55.0 Å².